The first-order valence-electron chi connectivity index (χ1n) is 6.25. The van der Waals surface area contributed by atoms with Crippen molar-refractivity contribution in [2.45, 2.75) is 27.2 Å². The quantitative estimate of drug-likeness (QED) is 0.900. The average molecular weight is 265 g/mol. The van der Waals surface area contributed by atoms with Gasteiger partial charge >= 0.3 is 0 Å². The number of ether oxygens (including phenoxy) is 1. The minimum Gasteiger partial charge on any atom is -0.477 e. The fourth-order valence-electron chi connectivity index (χ4n) is 1.59. The molecule has 2 aromatic heterocycles. The average Bonchev–Trinajstić information content (AvgIpc) is 2.78. The molecule has 0 spiro atoms. The molecule has 0 aliphatic carbocycles. The number of aromatic nitrogens is 2. The Morgan fingerprint density at radius 2 is 2.17 bits per heavy atom. The number of thiophene rings is 1. The zero-order chi connectivity index (χ0) is 13.1. The largest absolute Gasteiger partial charge is 0.477 e. The van der Waals surface area contributed by atoms with Gasteiger partial charge in [-0.25, -0.2) is 4.98 Å². The van der Waals surface area contributed by atoms with Gasteiger partial charge in [0.15, 0.2) is 0 Å². The van der Waals surface area contributed by atoms with E-state index in [0.29, 0.717) is 24.4 Å². The lowest BCUT2D eigenvalue weighted by atomic mass is 10.2. The van der Waals surface area contributed by atoms with Crippen LogP contribution in [0.5, 0.6) is 5.88 Å². The third-order valence-corrected chi connectivity index (χ3v) is 3.71. The molecule has 2 rings (SSSR count). The van der Waals surface area contributed by atoms with Crippen molar-refractivity contribution in [2.24, 2.45) is 5.92 Å². The number of nitrogens with zero attached hydrogens (tertiary/aromatic N) is 2. The SMILES string of the molecule is CCc1cc2c(OCC(C)C)nc(NC)nc2s1. The van der Waals surface area contributed by atoms with Crippen molar-refractivity contribution in [3.63, 3.8) is 0 Å². The summed E-state index contributed by atoms with van der Waals surface area (Å²) in [5.41, 5.74) is 0. The summed E-state index contributed by atoms with van der Waals surface area (Å²) in [6.45, 7) is 7.07. The van der Waals surface area contributed by atoms with E-state index < -0.39 is 0 Å². The first-order chi connectivity index (χ1) is 8.63. The summed E-state index contributed by atoms with van der Waals surface area (Å²) in [5, 5.41) is 4.00. The molecule has 2 heterocycles. The lowest BCUT2D eigenvalue weighted by molar-refractivity contribution is 0.265. The topological polar surface area (TPSA) is 47.0 Å². The Hall–Kier alpha value is -1.36. The third-order valence-electron chi connectivity index (χ3n) is 2.53. The number of nitrogens with one attached hydrogen (secondary N) is 1. The summed E-state index contributed by atoms with van der Waals surface area (Å²) in [6.07, 6.45) is 1.01. The molecular formula is C13H19N3OS. The van der Waals surface area contributed by atoms with Crippen LogP contribution in [0.2, 0.25) is 0 Å². The fraction of sp³-hybridized carbons (Fsp3) is 0.538. The molecule has 0 aliphatic heterocycles. The number of anilines is 1. The molecule has 5 heteroatoms. The molecule has 0 radical (unpaired) electrons. The van der Waals surface area contributed by atoms with Crippen LogP contribution in [0.15, 0.2) is 6.07 Å². The first-order valence-corrected chi connectivity index (χ1v) is 7.06. The van der Waals surface area contributed by atoms with Gasteiger partial charge in [0, 0.05) is 11.9 Å². The molecule has 18 heavy (non-hydrogen) atoms. The molecule has 98 valence electrons. The predicted octanol–water partition coefficient (Wildman–Crippen LogP) is 3.33. The maximum Gasteiger partial charge on any atom is 0.227 e. The van der Waals surface area contributed by atoms with Gasteiger partial charge in [0.05, 0.1) is 12.0 Å². The number of hydrogen-bond donors (Lipinski definition) is 1. The van der Waals surface area contributed by atoms with Crippen molar-refractivity contribution in [1.29, 1.82) is 0 Å². The van der Waals surface area contributed by atoms with Crippen LogP contribution in [0.25, 0.3) is 10.2 Å². The van der Waals surface area contributed by atoms with Crippen LogP contribution in [-0.4, -0.2) is 23.6 Å². The van der Waals surface area contributed by atoms with E-state index in [4.69, 9.17) is 4.74 Å². The highest BCUT2D eigenvalue weighted by Crippen LogP contribution is 2.31. The van der Waals surface area contributed by atoms with Gasteiger partial charge in [-0.1, -0.05) is 20.8 Å². The van der Waals surface area contributed by atoms with Crippen LogP contribution < -0.4 is 10.1 Å². The van der Waals surface area contributed by atoms with Gasteiger partial charge in [-0.2, -0.15) is 4.98 Å². The van der Waals surface area contributed by atoms with Gasteiger partial charge in [-0.3, -0.25) is 0 Å². The predicted molar refractivity (Wildman–Crippen MR) is 76.7 cm³/mol. The summed E-state index contributed by atoms with van der Waals surface area (Å²) >= 11 is 1.70. The second kappa shape index (κ2) is 5.52. The molecule has 0 saturated carbocycles. The molecule has 0 atom stereocenters. The summed E-state index contributed by atoms with van der Waals surface area (Å²) in [5.74, 6) is 1.79. The summed E-state index contributed by atoms with van der Waals surface area (Å²) < 4.78 is 5.80. The second-order valence-corrected chi connectivity index (χ2v) is 5.71. The number of aryl methyl sites for hydroxylation is 1. The van der Waals surface area contributed by atoms with Gasteiger partial charge in [0.1, 0.15) is 4.83 Å². The minimum absolute atomic E-state index is 0.484. The second-order valence-electron chi connectivity index (χ2n) is 4.59. The van der Waals surface area contributed by atoms with E-state index in [1.165, 1.54) is 4.88 Å². The maximum absolute atomic E-state index is 5.80. The Bertz CT molecular complexity index is 536. The van der Waals surface area contributed by atoms with Crippen molar-refractivity contribution < 1.29 is 4.74 Å². The first kappa shape index (κ1) is 13.1. The Balaban J connectivity index is 2.43. The third kappa shape index (κ3) is 2.72. The number of rotatable bonds is 5. The van der Waals surface area contributed by atoms with Gasteiger partial charge in [-0.15, -0.1) is 11.3 Å². The zero-order valence-corrected chi connectivity index (χ0v) is 12.1. The van der Waals surface area contributed by atoms with Gasteiger partial charge in [0.2, 0.25) is 11.8 Å². The highest BCUT2D eigenvalue weighted by Gasteiger charge is 2.12. The van der Waals surface area contributed by atoms with Crippen molar-refractivity contribution in [2.75, 3.05) is 19.0 Å². The van der Waals surface area contributed by atoms with Crippen LogP contribution >= 0.6 is 11.3 Å². The molecule has 0 aliphatic rings. The Morgan fingerprint density at radius 1 is 1.39 bits per heavy atom. The monoisotopic (exact) mass is 265 g/mol. The number of fused-ring (bicyclic) bond motifs is 1. The molecular weight excluding hydrogens is 246 g/mol. The minimum atomic E-state index is 0.484. The normalized spacial score (nSPS) is 11.2. The van der Waals surface area contributed by atoms with E-state index in [1.54, 1.807) is 11.3 Å². The van der Waals surface area contributed by atoms with Crippen molar-refractivity contribution in [3.05, 3.63) is 10.9 Å². The van der Waals surface area contributed by atoms with E-state index in [1.807, 2.05) is 7.05 Å². The van der Waals surface area contributed by atoms with Gasteiger partial charge < -0.3 is 10.1 Å². The highest BCUT2D eigenvalue weighted by molar-refractivity contribution is 7.18. The Kier molecular flexibility index (Phi) is 4.01. The summed E-state index contributed by atoms with van der Waals surface area (Å²) in [7, 11) is 1.82. The van der Waals surface area contributed by atoms with Crippen molar-refractivity contribution >= 4 is 27.5 Å². The molecule has 0 amide bonds. The van der Waals surface area contributed by atoms with E-state index in [-0.39, 0.29) is 0 Å². The van der Waals surface area contributed by atoms with E-state index in [9.17, 15) is 0 Å². The summed E-state index contributed by atoms with van der Waals surface area (Å²) in [6, 6.07) is 2.13. The summed E-state index contributed by atoms with van der Waals surface area (Å²) in [4.78, 5) is 11.2. The Morgan fingerprint density at radius 3 is 2.78 bits per heavy atom. The Labute approximate surface area is 111 Å². The highest BCUT2D eigenvalue weighted by atomic mass is 32.1. The van der Waals surface area contributed by atoms with Crippen LogP contribution in [0.3, 0.4) is 0 Å². The molecule has 0 fully saturated rings. The van der Waals surface area contributed by atoms with Crippen molar-refractivity contribution in [1.82, 2.24) is 9.97 Å². The standard InChI is InChI=1S/C13H19N3OS/c1-5-9-6-10-11(17-7-8(2)3)15-13(14-4)16-12(10)18-9/h6,8H,5,7H2,1-4H3,(H,14,15,16). The molecule has 2 aromatic rings. The molecule has 4 nitrogen and oxygen atoms in total. The van der Waals surface area contributed by atoms with Crippen LogP contribution in [0, 0.1) is 5.92 Å². The fourth-order valence-corrected chi connectivity index (χ4v) is 2.54. The maximum atomic E-state index is 5.80. The zero-order valence-electron chi connectivity index (χ0n) is 11.3. The van der Waals surface area contributed by atoms with Gasteiger partial charge in [-0.05, 0) is 18.4 Å². The van der Waals surface area contributed by atoms with Crippen LogP contribution in [0.4, 0.5) is 5.95 Å². The lowest BCUT2D eigenvalue weighted by Crippen LogP contribution is -2.07. The molecule has 0 bridgehead atoms. The molecule has 1 N–H and O–H groups in total. The van der Waals surface area contributed by atoms with Crippen LogP contribution in [-0.2, 0) is 6.42 Å². The van der Waals surface area contributed by atoms with Crippen LogP contribution in [0.1, 0.15) is 25.6 Å². The van der Waals surface area contributed by atoms with E-state index in [0.717, 1.165) is 16.6 Å². The van der Waals surface area contributed by atoms with Crippen molar-refractivity contribution in [3.8, 4) is 5.88 Å². The molecule has 0 aromatic carbocycles. The number of hydrogen-bond acceptors (Lipinski definition) is 5. The van der Waals surface area contributed by atoms with E-state index in [2.05, 4.69) is 42.1 Å². The lowest BCUT2D eigenvalue weighted by Gasteiger charge is -2.09. The smallest absolute Gasteiger partial charge is 0.227 e. The molecule has 0 unspecified atom stereocenters. The van der Waals surface area contributed by atoms with E-state index >= 15 is 0 Å². The van der Waals surface area contributed by atoms with Gasteiger partial charge in [0.25, 0.3) is 0 Å². The molecule has 0 saturated heterocycles.